The minimum absolute atomic E-state index is 0.595. The van der Waals surface area contributed by atoms with Gasteiger partial charge in [0.2, 0.25) is 0 Å². The number of hydrogen-bond acceptors (Lipinski definition) is 2. The van der Waals surface area contributed by atoms with Crippen LogP contribution in [0.25, 0.3) is 11.1 Å². The summed E-state index contributed by atoms with van der Waals surface area (Å²) in [5.74, 6) is 0. The highest BCUT2D eigenvalue weighted by atomic mass is 32.2. The van der Waals surface area contributed by atoms with Crippen LogP contribution in [0, 0.1) is 11.3 Å². The van der Waals surface area contributed by atoms with E-state index in [1.54, 1.807) is 0 Å². The van der Waals surface area contributed by atoms with Gasteiger partial charge in [0.25, 0.3) is 0 Å². The molecule has 18 heavy (non-hydrogen) atoms. The van der Waals surface area contributed by atoms with Gasteiger partial charge in [0.05, 0.1) is 11.6 Å². The van der Waals surface area contributed by atoms with E-state index in [2.05, 4.69) is 44.2 Å². The smallest absolute Gasteiger partial charge is 0.0991 e. The van der Waals surface area contributed by atoms with Crippen molar-refractivity contribution in [1.82, 2.24) is 0 Å². The molecule has 0 fully saturated rings. The number of thioether (sulfide) groups is 1. The first kappa shape index (κ1) is 12.7. The Morgan fingerprint density at radius 2 is 1.72 bits per heavy atom. The molecule has 0 saturated carbocycles. The molecule has 0 aliphatic heterocycles. The predicted molar refractivity (Wildman–Crippen MR) is 77.6 cm³/mol. The second kappa shape index (κ2) is 5.75. The third kappa shape index (κ3) is 3.15. The van der Waals surface area contributed by atoms with E-state index in [-0.39, 0.29) is 0 Å². The van der Waals surface area contributed by atoms with E-state index in [0.29, 0.717) is 10.8 Å². The summed E-state index contributed by atoms with van der Waals surface area (Å²) in [7, 11) is 0. The summed E-state index contributed by atoms with van der Waals surface area (Å²) in [4.78, 5) is 1.28. The lowest BCUT2D eigenvalue weighted by molar-refractivity contribution is 1.11. The van der Waals surface area contributed by atoms with Gasteiger partial charge >= 0.3 is 0 Å². The average molecular weight is 253 g/mol. The summed E-state index contributed by atoms with van der Waals surface area (Å²) in [5, 5.41) is 9.49. The molecule has 2 rings (SSSR count). The average Bonchev–Trinajstić information content (AvgIpc) is 2.39. The molecule has 0 atom stereocenters. The van der Waals surface area contributed by atoms with Crippen molar-refractivity contribution in [2.24, 2.45) is 0 Å². The van der Waals surface area contributed by atoms with Crippen LogP contribution in [0.3, 0.4) is 0 Å². The van der Waals surface area contributed by atoms with Gasteiger partial charge in [0, 0.05) is 10.1 Å². The van der Waals surface area contributed by atoms with E-state index in [0.717, 1.165) is 11.1 Å². The Bertz CT molecular complexity index is 564. The minimum atomic E-state index is 0.595. The maximum absolute atomic E-state index is 8.90. The van der Waals surface area contributed by atoms with Crippen molar-refractivity contribution >= 4 is 11.8 Å². The van der Waals surface area contributed by atoms with Crippen LogP contribution in [0.5, 0.6) is 0 Å². The lowest BCUT2D eigenvalue weighted by Crippen LogP contribution is -1.86. The molecule has 0 radical (unpaired) electrons. The molecule has 0 aliphatic rings. The van der Waals surface area contributed by atoms with Crippen LogP contribution in [0.2, 0.25) is 0 Å². The lowest BCUT2D eigenvalue weighted by Gasteiger charge is -2.06. The summed E-state index contributed by atoms with van der Waals surface area (Å²) in [6, 6.07) is 18.4. The lowest BCUT2D eigenvalue weighted by atomic mass is 10.0. The first-order chi connectivity index (χ1) is 8.69. The molecule has 0 heterocycles. The molecule has 2 heteroatoms. The maximum atomic E-state index is 8.90. The molecule has 0 amide bonds. The molecular weight excluding hydrogens is 238 g/mol. The van der Waals surface area contributed by atoms with E-state index in [1.807, 2.05) is 36.0 Å². The van der Waals surface area contributed by atoms with Gasteiger partial charge in [0.15, 0.2) is 0 Å². The standard InChI is InChI=1S/C16H15NS/c1-12(2)18-16-8-6-14(7-9-16)15-5-3-4-13(10-15)11-17/h3-10,12H,1-2H3. The Labute approximate surface area is 112 Å². The molecule has 1 nitrogen and oxygen atoms in total. The van der Waals surface area contributed by atoms with Gasteiger partial charge in [-0.15, -0.1) is 11.8 Å². The second-order valence-electron chi connectivity index (χ2n) is 4.38. The van der Waals surface area contributed by atoms with E-state index < -0.39 is 0 Å². The van der Waals surface area contributed by atoms with Gasteiger partial charge in [-0.1, -0.05) is 38.1 Å². The SMILES string of the molecule is CC(C)Sc1ccc(-c2cccc(C#N)c2)cc1. The highest BCUT2D eigenvalue weighted by Crippen LogP contribution is 2.26. The Balaban J connectivity index is 2.26. The minimum Gasteiger partial charge on any atom is -0.192 e. The predicted octanol–water partition coefficient (Wildman–Crippen LogP) is 4.73. The summed E-state index contributed by atoms with van der Waals surface area (Å²) >= 11 is 1.86. The zero-order valence-corrected chi connectivity index (χ0v) is 11.4. The first-order valence-electron chi connectivity index (χ1n) is 5.96. The topological polar surface area (TPSA) is 23.8 Å². The van der Waals surface area contributed by atoms with Gasteiger partial charge in [0.1, 0.15) is 0 Å². The molecule has 0 spiro atoms. The highest BCUT2D eigenvalue weighted by molar-refractivity contribution is 7.99. The normalized spacial score (nSPS) is 10.3. The third-order valence-electron chi connectivity index (χ3n) is 2.55. The molecule has 2 aromatic rings. The maximum Gasteiger partial charge on any atom is 0.0991 e. The Hall–Kier alpha value is -1.72. The van der Waals surface area contributed by atoms with E-state index >= 15 is 0 Å². The van der Waals surface area contributed by atoms with Crippen molar-refractivity contribution in [3.05, 3.63) is 54.1 Å². The van der Waals surface area contributed by atoms with Crippen LogP contribution < -0.4 is 0 Å². The molecular formula is C16H15NS. The van der Waals surface area contributed by atoms with Crippen LogP contribution >= 0.6 is 11.8 Å². The summed E-state index contributed by atoms with van der Waals surface area (Å²) < 4.78 is 0. The van der Waals surface area contributed by atoms with Crippen molar-refractivity contribution in [2.45, 2.75) is 24.0 Å². The van der Waals surface area contributed by atoms with Crippen LogP contribution in [-0.4, -0.2) is 5.25 Å². The molecule has 0 N–H and O–H groups in total. The fourth-order valence-electron chi connectivity index (χ4n) is 1.77. The summed E-state index contributed by atoms with van der Waals surface area (Å²) in [6.07, 6.45) is 0. The molecule has 0 saturated heterocycles. The van der Waals surface area contributed by atoms with Gasteiger partial charge in [-0.25, -0.2) is 0 Å². The van der Waals surface area contributed by atoms with Crippen molar-refractivity contribution < 1.29 is 0 Å². The van der Waals surface area contributed by atoms with Gasteiger partial charge in [-0.05, 0) is 35.4 Å². The van der Waals surface area contributed by atoms with Crippen molar-refractivity contribution in [2.75, 3.05) is 0 Å². The summed E-state index contributed by atoms with van der Waals surface area (Å²) in [6.45, 7) is 4.38. The first-order valence-corrected chi connectivity index (χ1v) is 6.84. The van der Waals surface area contributed by atoms with Gasteiger partial charge < -0.3 is 0 Å². The van der Waals surface area contributed by atoms with Crippen molar-refractivity contribution in [1.29, 1.82) is 5.26 Å². The number of nitriles is 1. The number of benzene rings is 2. The van der Waals surface area contributed by atoms with Crippen molar-refractivity contribution in [3.8, 4) is 17.2 Å². The zero-order valence-electron chi connectivity index (χ0n) is 10.6. The Kier molecular flexibility index (Phi) is 4.07. The molecule has 0 bridgehead atoms. The van der Waals surface area contributed by atoms with Crippen LogP contribution in [0.4, 0.5) is 0 Å². The second-order valence-corrected chi connectivity index (χ2v) is 6.03. The van der Waals surface area contributed by atoms with Crippen LogP contribution in [0.1, 0.15) is 19.4 Å². The molecule has 90 valence electrons. The monoisotopic (exact) mass is 253 g/mol. The number of hydrogen-bond donors (Lipinski definition) is 0. The largest absolute Gasteiger partial charge is 0.192 e. The van der Waals surface area contributed by atoms with E-state index in [4.69, 9.17) is 5.26 Å². The fraction of sp³-hybridized carbons (Fsp3) is 0.188. The summed E-state index contributed by atoms with van der Waals surface area (Å²) in [5.41, 5.74) is 2.95. The molecule has 0 aromatic heterocycles. The molecule has 0 aliphatic carbocycles. The highest BCUT2D eigenvalue weighted by Gasteiger charge is 2.01. The quantitative estimate of drug-likeness (QED) is 0.739. The Morgan fingerprint density at radius 3 is 2.33 bits per heavy atom. The van der Waals surface area contributed by atoms with Gasteiger partial charge in [-0.3, -0.25) is 0 Å². The molecule has 0 unspecified atom stereocenters. The Morgan fingerprint density at radius 1 is 1.00 bits per heavy atom. The zero-order chi connectivity index (χ0) is 13.0. The van der Waals surface area contributed by atoms with Crippen LogP contribution in [-0.2, 0) is 0 Å². The van der Waals surface area contributed by atoms with E-state index in [9.17, 15) is 0 Å². The number of nitrogens with zero attached hydrogens (tertiary/aromatic N) is 1. The number of rotatable bonds is 3. The third-order valence-corrected chi connectivity index (χ3v) is 3.57. The van der Waals surface area contributed by atoms with Crippen LogP contribution in [0.15, 0.2) is 53.4 Å². The van der Waals surface area contributed by atoms with E-state index in [1.165, 1.54) is 4.90 Å². The molecule has 2 aromatic carbocycles. The van der Waals surface area contributed by atoms with Crippen molar-refractivity contribution in [3.63, 3.8) is 0 Å². The van der Waals surface area contributed by atoms with Gasteiger partial charge in [-0.2, -0.15) is 5.26 Å². The fourth-order valence-corrected chi connectivity index (χ4v) is 2.60.